The number of carbonyl (C=O) groups is 4. The summed E-state index contributed by atoms with van der Waals surface area (Å²) in [7, 11) is 0. The van der Waals surface area contributed by atoms with E-state index < -0.39 is 11.6 Å². The number of amides is 4. The van der Waals surface area contributed by atoms with Gasteiger partial charge >= 0.3 is 0 Å². The van der Waals surface area contributed by atoms with Crippen LogP contribution in [-0.2, 0) is 27.3 Å². The molecule has 52 heavy (non-hydrogen) atoms. The topological polar surface area (TPSA) is 114 Å². The maximum Gasteiger partial charge on any atom is 0.251 e. The third kappa shape index (κ3) is 8.96. The van der Waals surface area contributed by atoms with Gasteiger partial charge in [-0.2, -0.15) is 0 Å². The van der Waals surface area contributed by atoms with Crippen LogP contribution in [0.15, 0.2) is 78.9 Å². The first-order valence-corrected chi connectivity index (χ1v) is 19.1. The summed E-state index contributed by atoms with van der Waals surface area (Å²) in [5, 5.41) is 10.2. The fourth-order valence-corrected chi connectivity index (χ4v) is 7.85. The molecule has 3 aromatic rings. The minimum Gasteiger partial charge on any atom is -0.352 e. The molecule has 10 nitrogen and oxygen atoms in total. The first-order chi connectivity index (χ1) is 25.1. The van der Waals surface area contributed by atoms with Crippen LogP contribution >= 0.6 is 11.6 Å². The molecule has 0 bridgehead atoms. The number of nitrogens with one attached hydrogen (secondary N) is 3. The second-order valence-electron chi connectivity index (χ2n) is 14.8. The SMILES string of the molecule is CC(C)NCc1ccc(C(=O)N[C@H](Cc2ccc(Cl)cc2)C(=O)N2CCC3(CC2)C(=O)N(CC(=O)NC2CCCCC2)CN3c2ccccc2)cc1. The number of nitrogens with zero attached hydrogens (tertiary/aromatic N) is 3. The van der Waals surface area contributed by atoms with Gasteiger partial charge in [-0.15, -0.1) is 0 Å². The highest BCUT2D eigenvalue weighted by Crippen LogP contribution is 2.39. The molecular formula is C41H51ClN6O4. The van der Waals surface area contributed by atoms with E-state index in [4.69, 9.17) is 11.6 Å². The molecular weight excluding hydrogens is 676 g/mol. The number of hydrogen-bond donors (Lipinski definition) is 3. The predicted molar refractivity (Wildman–Crippen MR) is 204 cm³/mol. The van der Waals surface area contributed by atoms with E-state index in [0.717, 1.165) is 42.5 Å². The lowest BCUT2D eigenvalue weighted by atomic mass is 9.85. The van der Waals surface area contributed by atoms with Crippen LogP contribution in [0.4, 0.5) is 5.69 Å². The van der Waals surface area contributed by atoms with E-state index in [1.165, 1.54) is 6.42 Å². The predicted octanol–water partition coefficient (Wildman–Crippen LogP) is 5.30. The molecule has 1 saturated carbocycles. The first kappa shape index (κ1) is 37.4. The lowest BCUT2D eigenvalue weighted by Gasteiger charge is -2.44. The molecule has 6 rings (SSSR count). The Balaban J connectivity index is 1.16. The van der Waals surface area contributed by atoms with Gasteiger partial charge in [0, 0.05) is 54.4 Å². The number of para-hydroxylation sites is 1. The van der Waals surface area contributed by atoms with Gasteiger partial charge < -0.3 is 30.7 Å². The Labute approximate surface area is 312 Å². The molecule has 1 aliphatic carbocycles. The van der Waals surface area contributed by atoms with Crippen molar-refractivity contribution in [3.63, 3.8) is 0 Å². The normalized spacial score (nSPS) is 18.2. The number of carbonyl (C=O) groups excluding carboxylic acids is 4. The van der Waals surface area contributed by atoms with Crippen LogP contribution in [0.25, 0.3) is 0 Å². The minimum absolute atomic E-state index is 0.00742. The van der Waals surface area contributed by atoms with Crippen molar-refractivity contribution in [2.24, 2.45) is 0 Å². The molecule has 3 aliphatic rings. The Morgan fingerprint density at radius 1 is 0.865 bits per heavy atom. The van der Waals surface area contributed by atoms with Gasteiger partial charge in [0.1, 0.15) is 18.1 Å². The molecule has 4 amide bonds. The van der Waals surface area contributed by atoms with E-state index in [9.17, 15) is 19.2 Å². The summed E-state index contributed by atoms with van der Waals surface area (Å²) in [5.74, 6) is -0.732. The van der Waals surface area contributed by atoms with E-state index in [1.54, 1.807) is 34.1 Å². The van der Waals surface area contributed by atoms with Crippen molar-refractivity contribution in [2.75, 3.05) is 31.2 Å². The van der Waals surface area contributed by atoms with E-state index >= 15 is 0 Å². The van der Waals surface area contributed by atoms with Gasteiger partial charge in [0.15, 0.2) is 0 Å². The van der Waals surface area contributed by atoms with Crippen LogP contribution < -0.4 is 20.9 Å². The van der Waals surface area contributed by atoms with Gasteiger partial charge in [0.05, 0.1) is 6.67 Å². The highest BCUT2D eigenvalue weighted by Gasteiger charge is 2.54. The number of benzene rings is 3. The summed E-state index contributed by atoms with van der Waals surface area (Å²) in [6.45, 7) is 5.84. The highest BCUT2D eigenvalue weighted by atomic mass is 35.5. The Kier molecular flexibility index (Phi) is 12.2. The van der Waals surface area contributed by atoms with Crippen molar-refractivity contribution < 1.29 is 19.2 Å². The summed E-state index contributed by atoms with van der Waals surface area (Å²) >= 11 is 6.15. The highest BCUT2D eigenvalue weighted by molar-refractivity contribution is 6.30. The Hall–Kier alpha value is -4.41. The van der Waals surface area contributed by atoms with Gasteiger partial charge in [0.25, 0.3) is 11.8 Å². The zero-order chi connectivity index (χ0) is 36.7. The van der Waals surface area contributed by atoms with Crippen LogP contribution in [0.3, 0.4) is 0 Å². The maximum atomic E-state index is 14.3. The summed E-state index contributed by atoms with van der Waals surface area (Å²) in [6, 6.07) is 24.2. The van der Waals surface area contributed by atoms with Crippen LogP contribution in [0.5, 0.6) is 0 Å². The summed E-state index contributed by atoms with van der Waals surface area (Å²) < 4.78 is 0. The molecule has 3 fully saturated rings. The van der Waals surface area contributed by atoms with Gasteiger partial charge in [-0.25, -0.2) is 0 Å². The quantitative estimate of drug-likeness (QED) is 0.234. The van der Waals surface area contributed by atoms with Crippen molar-refractivity contribution >= 4 is 40.9 Å². The molecule has 0 radical (unpaired) electrons. The smallest absolute Gasteiger partial charge is 0.251 e. The number of rotatable bonds is 12. The molecule has 11 heteroatoms. The third-order valence-corrected chi connectivity index (χ3v) is 10.9. The lowest BCUT2D eigenvalue weighted by Crippen LogP contribution is -2.60. The molecule has 1 spiro atoms. The zero-order valence-electron chi connectivity index (χ0n) is 30.3. The largest absolute Gasteiger partial charge is 0.352 e. The van der Waals surface area contributed by atoms with Crippen molar-refractivity contribution in [1.29, 1.82) is 0 Å². The number of likely N-dealkylation sites (tertiary alicyclic amines) is 1. The van der Waals surface area contributed by atoms with Gasteiger partial charge in [-0.1, -0.05) is 87.2 Å². The average molecular weight is 727 g/mol. The lowest BCUT2D eigenvalue weighted by molar-refractivity contribution is -0.140. The van der Waals surface area contributed by atoms with E-state index in [1.807, 2.05) is 54.6 Å². The average Bonchev–Trinajstić information content (AvgIpc) is 3.41. The van der Waals surface area contributed by atoms with E-state index in [2.05, 4.69) is 34.7 Å². The summed E-state index contributed by atoms with van der Waals surface area (Å²) in [5.41, 5.74) is 2.43. The van der Waals surface area contributed by atoms with Crippen molar-refractivity contribution in [3.05, 3.63) is 101 Å². The standard InChI is InChI=1S/C41H51ClN6O4/c1-29(2)43-26-31-13-17-32(18-14-31)38(50)45-36(25-30-15-19-33(42)20-16-30)39(51)46-23-21-41(22-24-46)40(52)47(28-48(41)35-11-7-4-8-12-35)27-37(49)44-34-9-5-3-6-10-34/h4,7-8,11-20,29,34,36,43H,3,5-6,9-10,21-28H2,1-2H3,(H,44,49)(H,45,50)/t36-/m1/s1. The maximum absolute atomic E-state index is 14.3. The van der Waals surface area contributed by atoms with E-state index in [-0.39, 0.29) is 36.2 Å². The molecule has 3 N–H and O–H groups in total. The molecule has 276 valence electrons. The van der Waals surface area contributed by atoms with Gasteiger partial charge in [0.2, 0.25) is 11.8 Å². The van der Waals surface area contributed by atoms with Crippen LogP contribution in [0.1, 0.15) is 80.3 Å². The molecule has 2 aliphatic heterocycles. The fraction of sp³-hybridized carbons (Fsp3) is 0.463. The molecule has 2 heterocycles. The van der Waals surface area contributed by atoms with Crippen LogP contribution in [0.2, 0.25) is 5.02 Å². The second kappa shape index (κ2) is 16.9. The first-order valence-electron chi connectivity index (χ1n) is 18.7. The molecule has 3 aromatic carbocycles. The monoisotopic (exact) mass is 726 g/mol. The van der Waals surface area contributed by atoms with E-state index in [0.29, 0.717) is 62.2 Å². The Morgan fingerprint density at radius 3 is 2.17 bits per heavy atom. The minimum atomic E-state index is -0.885. The number of piperidine rings is 1. The molecule has 1 atom stereocenters. The second-order valence-corrected chi connectivity index (χ2v) is 15.2. The molecule has 0 unspecified atom stereocenters. The van der Waals surface area contributed by atoms with Crippen LogP contribution in [0, 0.1) is 0 Å². The summed E-state index contributed by atoms with van der Waals surface area (Å²) in [4.78, 5) is 60.8. The van der Waals surface area contributed by atoms with Crippen LogP contribution in [-0.4, -0.2) is 83.4 Å². The molecule has 2 saturated heterocycles. The Bertz CT molecular complexity index is 1690. The fourth-order valence-electron chi connectivity index (χ4n) is 7.73. The van der Waals surface area contributed by atoms with Gasteiger partial charge in [-0.05, 0) is 73.2 Å². The number of halogens is 1. The van der Waals surface area contributed by atoms with Crippen molar-refractivity contribution in [1.82, 2.24) is 25.8 Å². The number of hydrogen-bond acceptors (Lipinski definition) is 6. The van der Waals surface area contributed by atoms with Crippen molar-refractivity contribution in [3.8, 4) is 0 Å². The molecule has 0 aromatic heterocycles. The Morgan fingerprint density at radius 2 is 1.52 bits per heavy atom. The summed E-state index contributed by atoms with van der Waals surface area (Å²) in [6.07, 6.45) is 6.48. The number of anilines is 1. The zero-order valence-corrected chi connectivity index (χ0v) is 31.0. The third-order valence-electron chi connectivity index (χ3n) is 10.7. The van der Waals surface area contributed by atoms with Crippen molar-refractivity contribution in [2.45, 2.75) is 95.4 Å². The van der Waals surface area contributed by atoms with Gasteiger partial charge in [-0.3, -0.25) is 19.2 Å².